The number of hydrogen-bond acceptors (Lipinski definition) is 4. The Balaban J connectivity index is 0.000000671. The van der Waals surface area contributed by atoms with E-state index < -0.39 is 0 Å². The quantitative estimate of drug-likeness (QED) is 0.733. The van der Waals surface area contributed by atoms with Crippen LogP contribution in [0.5, 0.6) is 0 Å². The first-order chi connectivity index (χ1) is 11.9. The first kappa shape index (κ1) is 20.9. The van der Waals surface area contributed by atoms with Gasteiger partial charge in [-0.25, -0.2) is 4.98 Å². The third-order valence-electron chi connectivity index (χ3n) is 4.13. The summed E-state index contributed by atoms with van der Waals surface area (Å²) in [5.41, 5.74) is 2.60. The highest BCUT2D eigenvalue weighted by atomic mass is 16.5. The van der Waals surface area contributed by atoms with Crippen LogP contribution in [0.15, 0.2) is 12.1 Å². The lowest BCUT2D eigenvalue weighted by Gasteiger charge is -2.27. The number of unbranched alkanes of at least 4 members (excludes halogenated alkanes) is 2. The summed E-state index contributed by atoms with van der Waals surface area (Å²) in [7, 11) is 0. The van der Waals surface area contributed by atoms with Crippen molar-refractivity contribution in [3.8, 4) is 0 Å². The fraction of sp³-hybridized carbons (Fsp3) is 0.750. The van der Waals surface area contributed by atoms with Gasteiger partial charge in [-0.05, 0) is 43.7 Å². The van der Waals surface area contributed by atoms with Gasteiger partial charge >= 0.3 is 0 Å². The summed E-state index contributed by atoms with van der Waals surface area (Å²) in [6.45, 7) is 12.0. The van der Waals surface area contributed by atoms with Crippen LogP contribution < -0.4 is 10.6 Å². The van der Waals surface area contributed by atoms with Gasteiger partial charge in [-0.2, -0.15) is 0 Å². The summed E-state index contributed by atoms with van der Waals surface area (Å²) in [6, 6.07) is 4.44. The SMILES string of the molecule is CC.CC.c1cc2c(nc1CCCCCOC1CNC1)NCCC2. The van der Waals surface area contributed by atoms with Gasteiger partial charge in [-0.1, -0.05) is 40.2 Å². The average molecular weight is 336 g/mol. The van der Waals surface area contributed by atoms with Crippen molar-refractivity contribution in [2.75, 3.05) is 31.6 Å². The standard InChI is InChI=1S/C16H25N3O.2C2H6/c1(3-10-20-15-11-17-12-15)2-6-14-8-7-13-5-4-9-18-16(13)19-14;2*1-2/h7-8,15,17H,1-6,9-12H2,(H,18,19);2*1-2H3. The predicted octanol–water partition coefficient (Wildman–Crippen LogP) is 4.19. The first-order valence-electron chi connectivity index (χ1n) is 9.97. The van der Waals surface area contributed by atoms with Crippen molar-refractivity contribution in [1.82, 2.24) is 10.3 Å². The van der Waals surface area contributed by atoms with Crippen molar-refractivity contribution < 1.29 is 4.74 Å². The zero-order valence-corrected chi connectivity index (χ0v) is 16.2. The second-order valence-corrected chi connectivity index (χ2v) is 5.80. The highest BCUT2D eigenvalue weighted by Crippen LogP contribution is 2.20. The Hall–Kier alpha value is -1.13. The van der Waals surface area contributed by atoms with E-state index in [2.05, 4.69) is 22.8 Å². The minimum absolute atomic E-state index is 0.475. The molecule has 4 nitrogen and oxygen atoms in total. The van der Waals surface area contributed by atoms with E-state index in [4.69, 9.17) is 9.72 Å². The highest BCUT2D eigenvalue weighted by Gasteiger charge is 2.16. The molecule has 0 aromatic carbocycles. The molecule has 3 rings (SSSR count). The third-order valence-corrected chi connectivity index (χ3v) is 4.13. The van der Waals surface area contributed by atoms with Crippen molar-refractivity contribution in [1.29, 1.82) is 0 Å². The Labute approximate surface area is 148 Å². The van der Waals surface area contributed by atoms with E-state index in [0.717, 1.165) is 38.5 Å². The van der Waals surface area contributed by atoms with E-state index in [1.54, 1.807) is 0 Å². The molecule has 0 unspecified atom stereocenters. The lowest BCUT2D eigenvalue weighted by molar-refractivity contribution is 0.0170. The molecule has 2 aliphatic heterocycles. The predicted molar refractivity (Wildman–Crippen MR) is 104 cm³/mol. The summed E-state index contributed by atoms with van der Waals surface area (Å²) in [6.07, 6.45) is 7.56. The molecule has 0 radical (unpaired) electrons. The minimum Gasteiger partial charge on any atom is -0.376 e. The number of fused-ring (bicyclic) bond motifs is 1. The molecule has 0 saturated carbocycles. The first-order valence-corrected chi connectivity index (χ1v) is 9.97. The molecule has 2 N–H and O–H groups in total. The molecule has 1 saturated heterocycles. The summed E-state index contributed by atoms with van der Waals surface area (Å²) in [4.78, 5) is 4.73. The highest BCUT2D eigenvalue weighted by molar-refractivity contribution is 5.46. The number of nitrogens with one attached hydrogen (secondary N) is 2. The normalized spacial score (nSPS) is 15.7. The molecule has 0 spiro atoms. The van der Waals surface area contributed by atoms with E-state index >= 15 is 0 Å². The van der Waals surface area contributed by atoms with Gasteiger partial charge in [-0.3, -0.25) is 0 Å². The van der Waals surface area contributed by atoms with Crippen LogP contribution in [0.4, 0.5) is 5.82 Å². The second kappa shape index (κ2) is 13.2. The van der Waals surface area contributed by atoms with Crippen LogP contribution in [0.2, 0.25) is 0 Å². The summed E-state index contributed by atoms with van der Waals surface area (Å²) < 4.78 is 5.72. The minimum atomic E-state index is 0.475. The molecule has 0 atom stereocenters. The average Bonchev–Trinajstić information content (AvgIpc) is 2.63. The number of aromatic nitrogens is 1. The number of ether oxygens (including phenoxy) is 1. The van der Waals surface area contributed by atoms with E-state index in [0.29, 0.717) is 6.10 Å². The molecule has 138 valence electrons. The van der Waals surface area contributed by atoms with Crippen molar-refractivity contribution in [3.05, 3.63) is 23.4 Å². The molecule has 0 bridgehead atoms. The molecule has 3 heterocycles. The van der Waals surface area contributed by atoms with Gasteiger partial charge in [0.15, 0.2) is 0 Å². The van der Waals surface area contributed by atoms with Gasteiger partial charge < -0.3 is 15.4 Å². The summed E-state index contributed by atoms with van der Waals surface area (Å²) >= 11 is 0. The maximum atomic E-state index is 5.72. The number of aryl methyl sites for hydroxylation is 2. The topological polar surface area (TPSA) is 46.2 Å². The van der Waals surface area contributed by atoms with Gasteiger partial charge in [0, 0.05) is 31.9 Å². The maximum absolute atomic E-state index is 5.72. The van der Waals surface area contributed by atoms with Gasteiger partial charge in [0.1, 0.15) is 5.82 Å². The van der Waals surface area contributed by atoms with Crippen LogP contribution in [-0.2, 0) is 17.6 Å². The van der Waals surface area contributed by atoms with E-state index in [-0.39, 0.29) is 0 Å². The monoisotopic (exact) mass is 335 g/mol. The molecule has 1 aromatic rings. The molecular formula is C20H37N3O. The Morgan fingerprint density at radius 3 is 2.58 bits per heavy atom. The molecule has 2 aliphatic rings. The Morgan fingerprint density at radius 1 is 1.08 bits per heavy atom. The Kier molecular flexibility index (Phi) is 11.5. The van der Waals surface area contributed by atoms with Crippen LogP contribution in [0, 0.1) is 0 Å². The van der Waals surface area contributed by atoms with E-state index in [1.165, 1.54) is 43.4 Å². The molecule has 1 aromatic heterocycles. The van der Waals surface area contributed by atoms with Crippen molar-refractivity contribution in [2.45, 2.75) is 72.3 Å². The summed E-state index contributed by atoms with van der Waals surface area (Å²) in [5.74, 6) is 1.12. The number of pyridine rings is 1. The van der Waals surface area contributed by atoms with Crippen molar-refractivity contribution in [3.63, 3.8) is 0 Å². The summed E-state index contributed by atoms with van der Waals surface area (Å²) in [5, 5.41) is 6.62. The smallest absolute Gasteiger partial charge is 0.129 e. The molecular weight excluding hydrogens is 298 g/mol. The van der Waals surface area contributed by atoms with Crippen LogP contribution in [0.1, 0.15) is 64.6 Å². The van der Waals surface area contributed by atoms with Gasteiger partial charge in [0.25, 0.3) is 0 Å². The lowest BCUT2D eigenvalue weighted by atomic mass is 10.1. The van der Waals surface area contributed by atoms with Crippen molar-refractivity contribution >= 4 is 5.82 Å². The zero-order chi connectivity index (χ0) is 17.6. The fourth-order valence-corrected chi connectivity index (χ4v) is 2.72. The number of nitrogens with zero attached hydrogens (tertiary/aromatic N) is 1. The fourth-order valence-electron chi connectivity index (χ4n) is 2.72. The van der Waals surface area contributed by atoms with Crippen LogP contribution in [0.25, 0.3) is 0 Å². The largest absolute Gasteiger partial charge is 0.376 e. The second-order valence-electron chi connectivity index (χ2n) is 5.80. The number of hydrogen-bond donors (Lipinski definition) is 2. The van der Waals surface area contributed by atoms with Crippen LogP contribution >= 0.6 is 0 Å². The van der Waals surface area contributed by atoms with Gasteiger partial charge in [-0.15, -0.1) is 0 Å². The van der Waals surface area contributed by atoms with E-state index in [9.17, 15) is 0 Å². The maximum Gasteiger partial charge on any atom is 0.129 e. The van der Waals surface area contributed by atoms with Crippen LogP contribution in [0.3, 0.4) is 0 Å². The number of anilines is 1. The van der Waals surface area contributed by atoms with Crippen LogP contribution in [-0.4, -0.2) is 37.3 Å². The zero-order valence-electron chi connectivity index (χ0n) is 16.2. The Morgan fingerprint density at radius 2 is 1.88 bits per heavy atom. The van der Waals surface area contributed by atoms with Gasteiger partial charge in [0.2, 0.25) is 0 Å². The molecule has 24 heavy (non-hydrogen) atoms. The Bertz CT molecular complexity index is 433. The van der Waals surface area contributed by atoms with Gasteiger partial charge in [0.05, 0.1) is 6.10 Å². The van der Waals surface area contributed by atoms with Crippen molar-refractivity contribution in [2.24, 2.45) is 0 Å². The third kappa shape index (κ3) is 7.18. The molecule has 0 aliphatic carbocycles. The molecule has 4 heteroatoms. The van der Waals surface area contributed by atoms with E-state index in [1.807, 2.05) is 27.7 Å². The molecule has 1 fully saturated rings. The number of rotatable bonds is 7. The lowest BCUT2D eigenvalue weighted by Crippen LogP contribution is -2.48. The molecule has 0 amide bonds.